The molecule has 1 aliphatic rings. The minimum Gasteiger partial charge on any atom is -0.383 e. The number of hydrogen-bond acceptors (Lipinski definition) is 7. The first-order valence-electron chi connectivity index (χ1n) is 9.52. The molecule has 8 nitrogen and oxygen atoms in total. The van der Waals surface area contributed by atoms with Crippen LogP contribution < -0.4 is 11.4 Å². The Morgan fingerprint density at radius 1 is 1.48 bits per heavy atom. The Labute approximate surface area is 162 Å². The minimum absolute atomic E-state index is 0.103. The first-order valence-corrected chi connectivity index (χ1v) is 10.6. The molecule has 154 valence electrons. The summed E-state index contributed by atoms with van der Waals surface area (Å²) >= 11 is 0. The number of nitrogen functional groups attached to an aromatic ring is 1. The molecular formula is C18H32N3O5P. The van der Waals surface area contributed by atoms with E-state index in [1.54, 1.807) is 16.8 Å². The summed E-state index contributed by atoms with van der Waals surface area (Å²) in [5.41, 5.74) is 4.92. The molecule has 0 spiro atoms. The molecule has 1 aromatic heterocycles. The number of anilines is 1. The molecule has 9 heteroatoms. The smallest absolute Gasteiger partial charge is 0.349 e. The topological polar surface area (TPSA) is 109 Å². The summed E-state index contributed by atoms with van der Waals surface area (Å²) < 4.78 is 18.7. The van der Waals surface area contributed by atoms with Crippen LogP contribution in [0.3, 0.4) is 0 Å². The second-order valence-electron chi connectivity index (χ2n) is 7.48. The van der Waals surface area contributed by atoms with Crippen molar-refractivity contribution >= 4 is 14.4 Å². The van der Waals surface area contributed by atoms with Gasteiger partial charge < -0.3 is 24.4 Å². The van der Waals surface area contributed by atoms with E-state index in [-0.39, 0.29) is 35.2 Å². The number of nitrogens with zero attached hydrogens (tertiary/aromatic N) is 2. The van der Waals surface area contributed by atoms with Crippen LogP contribution >= 0.6 is 8.60 Å². The fourth-order valence-corrected chi connectivity index (χ4v) is 4.02. The van der Waals surface area contributed by atoms with E-state index in [0.29, 0.717) is 13.2 Å². The highest BCUT2D eigenvalue weighted by Gasteiger charge is 2.40. The van der Waals surface area contributed by atoms with Crippen LogP contribution in [0.2, 0.25) is 0 Å². The summed E-state index contributed by atoms with van der Waals surface area (Å²) in [5.74, 6) is 0.212. The van der Waals surface area contributed by atoms with E-state index in [0.717, 1.165) is 25.7 Å². The molecule has 0 aliphatic carbocycles. The zero-order valence-corrected chi connectivity index (χ0v) is 17.5. The Balaban J connectivity index is 2.03. The maximum atomic E-state index is 12.2. The molecule has 0 bridgehead atoms. The summed E-state index contributed by atoms with van der Waals surface area (Å²) in [6, 6.07) is 1.49. The molecule has 4 unspecified atom stereocenters. The molecule has 0 aromatic carbocycles. The van der Waals surface area contributed by atoms with Crippen molar-refractivity contribution in [2.75, 3.05) is 18.9 Å². The average Bonchev–Trinajstić information content (AvgIpc) is 2.71. The third-order valence-corrected chi connectivity index (χ3v) is 6.12. The van der Waals surface area contributed by atoms with Gasteiger partial charge in [-0.15, -0.1) is 0 Å². The van der Waals surface area contributed by atoms with Crippen LogP contribution in [0.25, 0.3) is 0 Å². The first kappa shape index (κ1) is 22.2. The lowest BCUT2D eigenvalue weighted by Crippen LogP contribution is -2.37. The standard InChI is InChI=1S/C18H32N3O5P/c1-5-6-11-24-27(23)25-12-18(4)9-7-15(13(2)26-14(18)3)21-10-8-16(19)20-17(21)22/h8,10,13-15,23H,5-7,9,11-12H2,1-4H3,(H2,19,20,22)/t13?,14?,15-,18?,27?/m0/s1. The molecule has 1 fully saturated rings. The van der Waals surface area contributed by atoms with Crippen LogP contribution in [0.4, 0.5) is 5.82 Å². The van der Waals surface area contributed by atoms with Gasteiger partial charge in [-0.3, -0.25) is 4.57 Å². The van der Waals surface area contributed by atoms with Gasteiger partial charge in [0.05, 0.1) is 31.5 Å². The van der Waals surface area contributed by atoms with E-state index in [1.165, 1.54) is 0 Å². The highest BCUT2D eigenvalue weighted by atomic mass is 31.2. The number of aromatic nitrogens is 2. The Bertz CT molecular complexity index is 658. The Hall–Kier alpha value is -1.05. The van der Waals surface area contributed by atoms with Gasteiger partial charge in [-0.2, -0.15) is 4.98 Å². The third-order valence-electron chi connectivity index (χ3n) is 5.37. The van der Waals surface area contributed by atoms with Crippen molar-refractivity contribution in [1.29, 1.82) is 0 Å². The molecule has 0 radical (unpaired) electrons. The van der Waals surface area contributed by atoms with Crippen molar-refractivity contribution in [3.63, 3.8) is 0 Å². The zero-order valence-electron chi connectivity index (χ0n) is 16.6. The van der Waals surface area contributed by atoms with Crippen LogP contribution in [-0.4, -0.2) is 39.9 Å². The summed E-state index contributed by atoms with van der Waals surface area (Å²) in [6.45, 7) is 8.93. The minimum atomic E-state index is -1.89. The Morgan fingerprint density at radius 2 is 2.22 bits per heavy atom. The van der Waals surface area contributed by atoms with E-state index >= 15 is 0 Å². The lowest BCUT2D eigenvalue weighted by Gasteiger charge is -2.34. The summed E-state index contributed by atoms with van der Waals surface area (Å²) in [6.07, 6.45) is 4.81. The van der Waals surface area contributed by atoms with Gasteiger partial charge in [0.25, 0.3) is 0 Å². The van der Waals surface area contributed by atoms with Crippen molar-refractivity contribution in [2.24, 2.45) is 5.41 Å². The molecule has 5 atom stereocenters. The fourth-order valence-electron chi connectivity index (χ4n) is 3.25. The monoisotopic (exact) mass is 401 g/mol. The predicted octanol–water partition coefficient (Wildman–Crippen LogP) is 3.01. The molecule has 2 rings (SSSR count). The summed E-state index contributed by atoms with van der Waals surface area (Å²) in [7, 11) is -1.89. The van der Waals surface area contributed by atoms with Gasteiger partial charge in [-0.25, -0.2) is 4.79 Å². The number of hydrogen-bond donors (Lipinski definition) is 2. The summed E-state index contributed by atoms with van der Waals surface area (Å²) in [4.78, 5) is 26.0. The quantitative estimate of drug-likeness (QED) is 0.509. The fraction of sp³-hybridized carbons (Fsp3) is 0.778. The zero-order chi connectivity index (χ0) is 20.0. The highest BCUT2D eigenvalue weighted by Crippen LogP contribution is 2.42. The molecular weight excluding hydrogens is 369 g/mol. The van der Waals surface area contributed by atoms with Crippen LogP contribution in [0.1, 0.15) is 59.4 Å². The lowest BCUT2D eigenvalue weighted by atomic mass is 9.81. The van der Waals surface area contributed by atoms with Crippen LogP contribution in [-0.2, 0) is 13.8 Å². The van der Waals surface area contributed by atoms with Gasteiger partial charge in [0.1, 0.15) is 5.82 Å². The van der Waals surface area contributed by atoms with Gasteiger partial charge in [0.15, 0.2) is 0 Å². The highest BCUT2D eigenvalue weighted by molar-refractivity contribution is 7.40. The molecule has 0 amide bonds. The average molecular weight is 401 g/mol. The van der Waals surface area contributed by atoms with E-state index in [4.69, 9.17) is 19.5 Å². The second kappa shape index (κ2) is 9.94. The van der Waals surface area contributed by atoms with E-state index < -0.39 is 8.60 Å². The Kier molecular flexibility index (Phi) is 8.19. The SMILES string of the molecule is CCCCOP(O)OCC1(C)CC[C@H](n2ccc(N)nc2=O)C(C)OC1C. The van der Waals surface area contributed by atoms with Crippen molar-refractivity contribution in [2.45, 2.75) is 71.6 Å². The lowest BCUT2D eigenvalue weighted by molar-refractivity contribution is -0.0723. The number of unbranched alkanes of at least 4 members (excludes halogenated alkanes) is 1. The van der Waals surface area contributed by atoms with Crippen molar-refractivity contribution in [3.05, 3.63) is 22.7 Å². The first-order chi connectivity index (χ1) is 12.8. The van der Waals surface area contributed by atoms with Gasteiger partial charge in [0, 0.05) is 11.6 Å². The molecule has 27 heavy (non-hydrogen) atoms. The number of rotatable bonds is 8. The van der Waals surface area contributed by atoms with Crippen molar-refractivity contribution in [3.8, 4) is 0 Å². The van der Waals surface area contributed by atoms with E-state index in [9.17, 15) is 9.69 Å². The van der Waals surface area contributed by atoms with Crippen LogP contribution in [0.15, 0.2) is 17.1 Å². The summed E-state index contributed by atoms with van der Waals surface area (Å²) in [5, 5.41) is 0. The van der Waals surface area contributed by atoms with E-state index in [2.05, 4.69) is 18.8 Å². The van der Waals surface area contributed by atoms with Gasteiger partial charge in [-0.05, 0) is 39.2 Å². The predicted molar refractivity (Wildman–Crippen MR) is 105 cm³/mol. The van der Waals surface area contributed by atoms with Gasteiger partial charge >= 0.3 is 14.3 Å². The molecule has 2 heterocycles. The van der Waals surface area contributed by atoms with Crippen molar-refractivity contribution < 1.29 is 18.7 Å². The van der Waals surface area contributed by atoms with Gasteiger partial charge in [-0.1, -0.05) is 20.3 Å². The maximum absolute atomic E-state index is 12.2. The molecule has 1 saturated heterocycles. The molecule has 3 N–H and O–H groups in total. The number of ether oxygens (including phenoxy) is 1. The van der Waals surface area contributed by atoms with E-state index in [1.807, 2.05) is 13.8 Å². The largest absolute Gasteiger partial charge is 0.383 e. The molecule has 0 saturated carbocycles. The number of nitrogens with two attached hydrogens (primary N) is 1. The third kappa shape index (κ3) is 5.96. The molecule has 1 aromatic rings. The maximum Gasteiger partial charge on any atom is 0.349 e. The Morgan fingerprint density at radius 3 is 2.89 bits per heavy atom. The second-order valence-corrected chi connectivity index (χ2v) is 8.48. The molecule has 1 aliphatic heterocycles. The van der Waals surface area contributed by atoms with Crippen LogP contribution in [0.5, 0.6) is 0 Å². The van der Waals surface area contributed by atoms with Crippen molar-refractivity contribution in [1.82, 2.24) is 9.55 Å². The van der Waals surface area contributed by atoms with Gasteiger partial charge in [0.2, 0.25) is 0 Å². The van der Waals surface area contributed by atoms with Crippen LogP contribution in [0, 0.1) is 5.41 Å². The normalized spacial score (nSPS) is 30.0.